The number of hydrogen-bond donors (Lipinski definition) is 1. The molecule has 0 saturated heterocycles. The summed E-state index contributed by atoms with van der Waals surface area (Å²) in [5.74, 6) is 0.615. The highest BCUT2D eigenvalue weighted by Crippen LogP contribution is 2.29. The maximum absolute atomic E-state index is 12.3. The van der Waals surface area contributed by atoms with Gasteiger partial charge in [0.25, 0.3) is 11.8 Å². The quantitative estimate of drug-likeness (QED) is 0.581. The molecule has 3 aromatic heterocycles. The van der Waals surface area contributed by atoms with Crippen molar-refractivity contribution in [3.63, 3.8) is 0 Å². The number of aromatic nitrogens is 3. The first-order valence-corrected chi connectivity index (χ1v) is 8.79. The van der Waals surface area contributed by atoms with Crippen molar-refractivity contribution in [2.75, 3.05) is 5.32 Å². The Morgan fingerprint density at radius 1 is 1.12 bits per heavy atom. The fraction of sp³-hybridized carbons (Fsp3) is 0.0526. The van der Waals surface area contributed by atoms with Crippen molar-refractivity contribution in [1.82, 2.24) is 15.1 Å². The number of hydrogen-bond acceptors (Lipinski definition) is 6. The second-order valence-corrected chi connectivity index (χ2v) is 6.54. The SMILES string of the molecule is Cc1ccc(-c2noc(-c3ccccc3NC(=O)c3cccs3)n2)cn1. The molecule has 7 heteroatoms. The van der Waals surface area contributed by atoms with Crippen molar-refractivity contribution in [3.8, 4) is 22.8 Å². The predicted molar refractivity (Wildman–Crippen MR) is 100.0 cm³/mol. The van der Waals surface area contributed by atoms with Crippen molar-refractivity contribution in [2.24, 2.45) is 0 Å². The summed E-state index contributed by atoms with van der Waals surface area (Å²) in [7, 11) is 0. The van der Waals surface area contributed by atoms with Crippen LogP contribution in [0.15, 0.2) is 64.6 Å². The van der Waals surface area contributed by atoms with E-state index in [9.17, 15) is 4.79 Å². The zero-order chi connectivity index (χ0) is 17.9. The van der Waals surface area contributed by atoms with Crippen LogP contribution >= 0.6 is 11.3 Å². The lowest BCUT2D eigenvalue weighted by Crippen LogP contribution is -2.10. The molecule has 0 saturated carbocycles. The Hall–Kier alpha value is -3.32. The topological polar surface area (TPSA) is 80.9 Å². The number of pyridine rings is 1. The third-order valence-corrected chi connectivity index (χ3v) is 4.61. The number of para-hydroxylation sites is 1. The highest BCUT2D eigenvalue weighted by atomic mass is 32.1. The van der Waals surface area contributed by atoms with Gasteiger partial charge < -0.3 is 9.84 Å². The Morgan fingerprint density at radius 2 is 2.00 bits per heavy atom. The van der Waals surface area contributed by atoms with Gasteiger partial charge >= 0.3 is 0 Å². The Bertz CT molecular complexity index is 1040. The Kier molecular flexibility index (Phi) is 4.28. The maximum atomic E-state index is 12.3. The van der Waals surface area contributed by atoms with Gasteiger partial charge in [0.1, 0.15) is 0 Å². The number of thiophene rings is 1. The average molecular weight is 362 g/mol. The lowest BCUT2D eigenvalue weighted by atomic mass is 10.1. The van der Waals surface area contributed by atoms with Gasteiger partial charge in [-0.2, -0.15) is 4.98 Å². The standard InChI is InChI=1S/C19H14N4O2S/c1-12-8-9-13(11-20-12)17-22-19(25-23-17)14-5-2-3-6-15(14)21-18(24)16-7-4-10-26-16/h2-11H,1H3,(H,21,24). The molecule has 0 bridgehead atoms. The van der Waals surface area contributed by atoms with Crippen molar-refractivity contribution < 1.29 is 9.32 Å². The molecule has 1 aromatic carbocycles. The van der Waals surface area contributed by atoms with Crippen LogP contribution in [0.2, 0.25) is 0 Å². The van der Waals surface area contributed by atoms with Crippen LogP contribution in [0.1, 0.15) is 15.4 Å². The molecule has 3 heterocycles. The number of amides is 1. The summed E-state index contributed by atoms with van der Waals surface area (Å²) in [6.07, 6.45) is 1.70. The van der Waals surface area contributed by atoms with E-state index >= 15 is 0 Å². The van der Waals surface area contributed by atoms with Gasteiger partial charge in [0.2, 0.25) is 5.82 Å². The minimum absolute atomic E-state index is 0.171. The fourth-order valence-corrected chi connectivity index (χ4v) is 3.04. The minimum atomic E-state index is -0.171. The van der Waals surface area contributed by atoms with E-state index in [1.54, 1.807) is 18.3 Å². The monoisotopic (exact) mass is 362 g/mol. The third-order valence-electron chi connectivity index (χ3n) is 3.75. The van der Waals surface area contributed by atoms with Gasteiger partial charge in [0.15, 0.2) is 0 Å². The summed E-state index contributed by atoms with van der Waals surface area (Å²) < 4.78 is 5.41. The molecule has 6 nitrogen and oxygen atoms in total. The molecule has 0 aliphatic carbocycles. The largest absolute Gasteiger partial charge is 0.334 e. The smallest absolute Gasteiger partial charge is 0.265 e. The number of nitrogens with one attached hydrogen (secondary N) is 1. The van der Waals surface area contributed by atoms with Gasteiger partial charge in [-0.25, -0.2) is 0 Å². The van der Waals surface area contributed by atoms with E-state index in [-0.39, 0.29) is 5.91 Å². The molecule has 26 heavy (non-hydrogen) atoms. The first kappa shape index (κ1) is 16.2. The van der Waals surface area contributed by atoms with Crippen LogP contribution in [0.4, 0.5) is 5.69 Å². The van der Waals surface area contributed by atoms with E-state index in [1.165, 1.54) is 11.3 Å². The number of aryl methyl sites for hydroxylation is 1. The number of nitrogens with zero attached hydrogens (tertiary/aromatic N) is 3. The molecule has 4 aromatic rings. The molecule has 0 fully saturated rings. The molecule has 0 radical (unpaired) electrons. The van der Waals surface area contributed by atoms with Crippen LogP contribution < -0.4 is 5.32 Å². The van der Waals surface area contributed by atoms with Crippen molar-refractivity contribution >= 4 is 22.9 Å². The highest BCUT2D eigenvalue weighted by Gasteiger charge is 2.16. The predicted octanol–water partition coefficient (Wildman–Crippen LogP) is 4.42. The van der Waals surface area contributed by atoms with E-state index in [2.05, 4.69) is 20.4 Å². The molecule has 4 rings (SSSR count). The molecule has 0 spiro atoms. The summed E-state index contributed by atoms with van der Waals surface area (Å²) in [6, 6.07) is 14.7. The van der Waals surface area contributed by atoms with Crippen molar-refractivity contribution in [3.05, 3.63) is 70.7 Å². The second kappa shape index (κ2) is 6.89. The molecular weight excluding hydrogens is 348 g/mol. The molecular formula is C19H14N4O2S. The molecule has 0 aliphatic rings. The zero-order valence-electron chi connectivity index (χ0n) is 13.8. The lowest BCUT2D eigenvalue weighted by Gasteiger charge is -2.07. The van der Waals surface area contributed by atoms with Crippen LogP contribution in [-0.2, 0) is 0 Å². The molecule has 1 amide bonds. The third kappa shape index (κ3) is 3.25. The molecule has 0 unspecified atom stereocenters. The van der Waals surface area contributed by atoms with E-state index in [4.69, 9.17) is 4.52 Å². The maximum Gasteiger partial charge on any atom is 0.265 e. The number of rotatable bonds is 4. The summed E-state index contributed by atoms with van der Waals surface area (Å²) in [5, 5.41) is 8.79. The van der Waals surface area contributed by atoms with Crippen LogP contribution in [0.5, 0.6) is 0 Å². The van der Waals surface area contributed by atoms with Gasteiger partial charge in [-0.3, -0.25) is 9.78 Å². The summed E-state index contributed by atoms with van der Waals surface area (Å²) in [4.78, 5) is 21.7. The lowest BCUT2D eigenvalue weighted by molar-refractivity contribution is 0.103. The first-order chi connectivity index (χ1) is 12.7. The second-order valence-electron chi connectivity index (χ2n) is 5.59. The number of benzene rings is 1. The molecule has 0 aliphatic heterocycles. The molecule has 128 valence electrons. The minimum Gasteiger partial charge on any atom is -0.334 e. The Balaban J connectivity index is 1.64. The number of anilines is 1. The molecule has 0 atom stereocenters. The summed E-state index contributed by atoms with van der Waals surface area (Å²) >= 11 is 1.38. The van der Waals surface area contributed by atoms with E-state index in [0.717, 1.165) is 11.3 Å². The van der Waals surface area contributed by atoms with Gasteiger partial charge in [0.05, 0.1) is 16.1 Å². The van der Waals surface area contributed by atoms with Crippen LogP contribution in [-0.4, -0.2) is 21.0 Å². The van der Waals surface area contributed by atoms with Gasteiger partial charge in [-0.1, -0.05) is 23.4 Å². The number of carbonyl (C=O) groups is 1. The number of carbonyl (C=O) groups excluding carboxylic acids is 1. The van der Waals surface area contributed by atoms with Crippen LogP contribution in [0, 0.1) is 6.92 Å². The Morgan fingerprint density at radius 3 is 2.77 bits per heavy atom. The van der Waals surface area contributed by atoms with Gasteiger partial charge in [-0.05, 0) is 42.6 Å². The normalized spacial score (nSPS) is 10.7. The van der Waals surface area contributed by atoms with Crippen molar-refractivity contribution in [2.45, 2.75) is 6.92 Å². The van der Waals surface area contributed by atoms with E-state index in [0.29, 0.717) is 27.8 Å². The van der Waals surface area contributed by atoms with Crippen molar-refractivity contribution in [1.29, 1.82) is 0 Å². The van der Waals surface area contributed by atoms with E-state index < -0.39 is 0 Å². The first-order valence-electron chi connectivity index (χ1n) is 7.92. The Labute approximate surface area is 153 Å². The van der Waals surface area contributed by atoms with Gasteiger partial charge in [0, 0.05) is 17.5 Å². The van der Waals surface area contributed by atoms with Crippen LogP contribution in [0.3, 0.4) is 0 Å². The van der Waals surface area contributed by atoms with Gasteiger partial charge in [-0.15, -0.1) is 11.3 Å². The highest BCUT2D eigenvalue weighted by molar-refractivity contribution is 7.12. The average Bonchev–Trinajstić information content (AvgIpc) is 3.35. The zero-order valence-corrected chi connectivity index (χ0v) is 14.7. The molecule has 1 N–H and O–H groups in total. The summed E-state index contributed by atoms with van der Waals surface area (Å²) in [6.45, 7) is 1.91. The summed E-state index contributed by atoms with van der Waals surface area (Å²) in [5.41, 5.74) is 2.96. The van der Waals surface area contributed by atoms with Crippen LogP contribution in [0.25, 0.3) is 22.8 Å². The fourth-order valence-electron chi connectivity index (χ4n) is 2.42. The van der Waals surface area contributed by atoms with E-state index in [1.807, 2.05) is 48.7 Å².